The summed E-state index contributed by atoms with van der Waals surface area (Å²) in [6, 6.07) is 40.5. The van der Waals surface area contributed by atoms with Crippen LogP contribution in [0.15, 0.2) is 132 Å². The van der Waals surface area contributed by atoms with E-state index >= 15 is 0 Å². The molecule has 256 valence electrons. The van der Waals surface area contributed by atoms with Crippen LogP contribution in [0.3, 0.4) is 0 Å². The molecular weight excluding hydrogens is 705 g/mol. The Kier molecular flexibility index (Phi) is 4.96. The first kappa shape index (κ1) is 25.7. The van der Waals surface area contributed by atoms with Gasteiger partial charge in [-0.2, -0.15) is 0 Å². The van der Waals surface area contributed by atoms with Gasteiger partial charge in [-0.3, -0.25) is 0 Å². The summed E-state index contributed by atoms with van der Waals surface area (Å²) in [6.45, 7) is -1.83. The summed E-state index contributed by atoms with van der Waals surface area (Å²) in [7, 11) is 0. The fraction of sp³-hybridized carbons (Fsp3) is 0.184. The summed E-state index contributed by atoms with van der Waals surface area (Å²) in [5, 5.41) is 8.86. The van der Waals surface area contributed by atoms with E-state index < -0.39 is 38.0 Å². The van der Waals surface area contributed by atoms with Gasteiger partial charge in [0.05, 0.1) is 0 Å². The van der Waals surface area contributed by atoms with Crippen molar-refractivity contribution < 1.29 is 21.8 Å². The topological polar surface area (TPSA) is 20.9 Å². The summed E-state index contributed by atoms with van der Waals surface area (Å²) in [5.74, 6) is 7.14. The number of nitrogens with zero attached hydrogens (tertiary/aromatic N) is 2. The Morgan fingerprint density at radius 3 is 1.98 bits per heavy atom. The van der Waals surface area contributed by atoms with Crippen molar-refractivity contribution >= 4 is 71.9 Å². The molecule has 6 aromatic carbocycles. The van der Waals surface area contributed by atoms with Crippen molar-refractivity contribution in [1.82, 2.24) is 0 Å². The van der Waals surface area contributed by atoms with Crippen LogP contribution < -0.4 is 13.5 Å². The first-order valence-corrected chi connectivity index (χ1v) is 25.8. The van der Waals surface area contributed by atoms with Gasteiger partial charge in [-0.1, -0.05) is 48.5 Å². The Morgan fingerprint density at radius 2 is 1.28 bits per heavy atom. The molecule has 0 radical (unpaired) electrons. The predicted molar refractivity (Wildman–Crippen MR) is 222 cm³/mol. The first-order valence-electron chi connectivity index (χ1n) is 21.4. The summed E-state index contributed by atoms with van der Waals surface area (Å²) in [4.78, 5) is 0. The summed E-state index contributed by atoms with van der Waals surface area (Å²) in [5.41, 5.74) is 4.79. The number of benzene rings is 6. The molecule has 0 saturated carbocycles. The molecule has 2 aliphatic heterocycles. The molecule has 3 nitrogen and oxygen atoms in total. The third kappa shape index (κ3) is 3.96. The van der Waals surface area contributed by atoms with Crippen molar-refractivity contribution in [3.05, 3.63) is 150 Å². The molecule has 0 saturated heterocycles. The second-order valence-electron chi connectivity index (χ2n) is 16.6. The van der Waals surface area contributed by atoms with Crippen molar-refractivity contribution in [3.63, 3.8) is 0 Å². The molecule has 0 bridgehead atoms. The van der Waals surface area contributed by atoms with E-state index in [4.69, 9.17) is 12.6 Å². The number of rotatable bonds is 1. The third-order valence-corrected chi connectivity index (χ3v) is 16.2. The van der Waals surface area contributed by atoms with Crippen LogP contribution in [-0.2, 0) is 11.1 Å². The standard InChI is InChI=1S/C49H42GeN2O/c1-29-27-51-44(26-42(29)48(2,3)4)46-41(49(51)40-19-13-12-18-36(40)43-23-20-30(28-52(43)49)50(5,6)7)22-21-35-39-24-37-33-16-10-8-14-31(33)32-15-9-11-17-34(32)38(37)25-45(39)53-47(35)46/h8-28H,1-7H3/q+2/i1D3,2D3. The molecule has 53 heavy (non-hydrogen) atoms. The molecule has 0 amide bonds. The average molecular weight is 754 g/mol. The van der Waals surface area contributed by atoms with Crippen LogP contribution in [0.1, 0.15) is 51.2 Å². The molecule has 9 aromatic rings. The van der Waals surface area contributed by atoms with Gasteiger partial charge in [0.25, 0.3) is 0 Å². The van der Waals surface area contributed by atoms with Gasteiger partial charge in [0.1, 0.15) is 0 Å². The van der Waals surface area contributed by atoms with E-state index in [1.54, 1.807) is 20.0 Å². The van der Waals surface area contributed by atoms with Crippen molar-refractivity contribution in [2.45, 2.75) is 55.9 Å². The maximum atomic E-state index is 8.90. The fourth-order valence-electron chi connectivity index (χ4n) is 9.53. The normalized spacial score (nSPS) is 18.4. The SMILES string of the molecule is [2H]C([2H])([2H])c1c[n+]2c(cc1C(C)(C)C([2H])([2H])[2H])-c1c(ccc3c1oc1cc4c5ccccc5c5ccccc5c4cc13)C21c2ccccc2-c2cc[c]([Ge]([CH3])([CH3])[CH3])c[n+]21. The predicted octanol–water partition coefficient (Wildman–Crippen LogP) is 11.0. The van der Waals surface area contributed by atoms with E-state index in [2.05, 4.69) is 136 Å². The Bertz CT molecular complexity index is 3340. The molecule has 0 fully saturated rings. The number of hydrogen-bond donors (Lipinski definition) is 0. The van der Waals surface area contributed by atoms with E-state index in [9.17, 15) is 0 Å². The van der Waals surface area contributed by atoms with Crippen LogP contribution in [0.25, 0.3) is 76.8 Å². The zero-order valence-corrected chi connectivity index (χ0v) is 32.5. The summed E-state index contributed by atoms with van der Waals surface area (Å²) >= 11 is -2.44. The van der Waals surface area contributed by atoms with Gasteiger partial charge >= 0.3 is 263 Å². The van der Waals surface area contributed by atoms with E-state index in [0.29, 0.717) is 11.3 Å². The zero-order valence-electron chi connectivity index (χ0n) is 36.4. The van der Waals surface area contributed by atoms with E-state index in [1.165, 1.54) is 20.6 Å². The summed E-state index contributed by atoms with van der Waals surface area (Å²) < 4.78 is 65.6. The Balaban J connectivity index is 1.33. The summed E-state index contributed by atoms with van der Waals surface area (Å²) in [6.07, 6.45) is 4.03. The number of furan rings is 1. The van der Waals surface area contributed by atoms with Gasteiger partial charge in [-0.25, -0.2) is 0 Å². The van der Waals surface area contributed by atoms with Gasteiger partial charge in [0.15, 0.2) is 0 Å². The Morgan fingerprint density at radius 1 is 0.623 bits per heavy atom. The van der Waals surface area contributed by atoms with Crippen molar-refractivity contribution in [2.24, 2.45) is 0 Å². The first-order chi connectivity index (χ1) is 27.9. The molecule has 5 heterocycles. The van der Waals surface area contributed by atoms with Crippen LogP contribution in [0.4, 0.5) is 0 Å². The maximum absolute atomic E-state index is 8.90. The van der Waals surface area contributed by atoms with Crippen molar-refractivity contribution in [2.75, 3.05) is 0 Å². The van der Waals surface area contributed by atoms with Crippen LogP contribution in [0.5, 0.6) is 0 Å². The number of aromatic nitrogens is 2. The van der Waals surface area contributed by atoms with Crippen LogP contribution in [0, 0.1) is 6.85 Å². The molecule has 2 aliphatic rings. The van der Waals surface area contributed by atoms with E-state index in [0.717, 1.165) is 60.5 Å². The quantitative estimate of drug-likeness (QED) is 0.0929. The van der Waals surface area contributed by atoms with E-state index in [-0.39, 0.29) is 11.1 Å². The van der Waals surface area contributed by atoms with Gasteiger partial charge in [0, 0.05) is 0 Å². The molecule has 3 aromatic heterocycles. The van der Waals surface area contributed by atoms with Gasteiger partial charge in [0.2, 0.25) is 0 Å². The van der Waals surface area contributed by atoms with Crippen molar-refractivity contribution in [3.8, 4) is 22.5 Å². The second kappa shape index (κ2) is 10.2. The minimum absolute atomic E-state index is 0.0246. The molecule has 11 rings (SSSR count). The molecule has 0 N–H and O–H groups in total. The fourth-order valence-corrected chi connectivity index (χ4v) is 11.8. The van der Waals surface area contributed by atoms with Crippen LogP contribution in [-0.4, -0.2) is 13.3 Å². The number of fused-ring (bicyclic) bond motifs is 20. The number of hydrogen-bond acceptors (Lipinski definition) is 1. The Hall–Kier alpha value is -5.26. The van der Waals surface area contributed by atoms with Crippen LogP contribution >= 0.6 is 0 Å². The Labute approximate surface area is 320 Å². The van der Waals surface area contributed by atoms with Crippen molar-refractivity contribution in [1.29, 1.82) is 0 Å². The number of pyridine rings is 2. The van der Waals surface area contributed by atoms with Gasteiger partial charge in [-0.05, 0) is 10.8 Å². The molecule has 1 atom stereocenters. The minimum atomic E-state index is -2.61. The molecular formula is C49H42GeN2O+2. The van der Waals surface area contributed by atoms with E-state index in [1.807, 2.05) is 12.1 Å². The molecule has 1 spiro atoms. The monoisotopic (exact) mass is 754 g/mol. The number of aryl methyl sites for hydroxylation is 1. The molecule has 1 unspecified atom stereocenters. The average Bonchev–Trinajstić information content (AvgIpc) is 3.81. The van der Waals surface area contributed by atoms with Crippen LogP contribution in [0.2, 0.25) is 17.3 Å². The van der Waals surface area contributed by atoms with Gasteiger partial charge < -0.3 is 0 Å². The zero-order chi connectivity index (χ0) is 41.2. The molecule has 4 heteroatoms. The van der Waals surface area contributed by atoms with Gasteiger partial charge in [-0.15, -0.1) is 0 Å². The third-order valence-electron chi connectivity index (χ3n) is 12.0. The molecule has 0 aliphatic carbocycles. The second-order valence-corrected chi connectivity index (χ2v) is 27.2.